The van der Waals surface area contributed by atoms with Crippen LogP contribution in [0.2, 0.25) is 0 Å². The van der Waals surface area contributed by atoms with Crippen LogP contribution in [-0.4, -0.2) is 28.9 Å². The van der Waals surface area contributed by atoms with Crippen molar-refractivity contribution in [1.82, 2.24) is 5.32 Å². The number of carboxylic acids is 1. The van der Waals surface area contributed by atoms with Gasteiger partial charge in [-0.25, -0.2) is 9.59 Å². The lowest BCUT2D eigenvalue weighted by Gasteiger charge is -2.15. The van der Waals surface area contributed by atoms with E-state index < -0.39 is 23.8 Å². The summed E-state index contributed by atoms with van der Waals surface area (Å²) in [6, 6.07) is 4.11. The molecule has 0 saturated heterocycles. The zero-order valence-electron chi connectivity index (χ0n) is 10.9. The number of carbonyl (C=O) groups is 2. The minimum Gasteiger partial charge on any atom is -0.480 e. The second kappa shape index (κ2) is 8.25. The molecule has 3 N–H and O–H groups in total. The fourth-order valence-electron chi connectivity index (χ4n) is 1.47. The fourth-order valence-corrected chi connectivity index (χ4v) is 2.07. The molecule has 0 spiro atoms. The summed E-state index contributed by atoms with van der Waals surface area (Å²) >= 11 is 0.294. The summed E-state index contributed by atoms with van der Waals surface area (Å²) in [4.78, 5) is 22.8. The molecule has 8 heteroatoms. The molecule has 114 valence electrons. The SMILES string of the molecule is C=CCC(NC(=O)Nc1ccccc1SC(F)F)C(=O)O. The molecule has 0 aliphatic rings. The van der Waals surface area contributed by atoms with Gasteiger partial charge in [-0.3, -0.25) is 0 Å². The van der Waals surface area contributed by atoms with Gasteiger partial charge in [-0.1, -0.05) is 30.0 Å². The van der Waals surface area contributed by atoms with Gasteiger partial charge in [0, 0.05) is 4.90 Å². The van der Waals surface area contributed by atoms with Crippen molar-refractivity contribution in [2.45, 2.75) is 23.1 Å². The lowest BCUT2D eigenvalue weighted by Crippen LogP contribution is -2.42. The summed E-state index contributed by atoms with van der Waals surface area (Å²) in [7, 11) is 0. The molecule has 5 nitrogen and oxygen atoms in total. The van der Waals surface area contributed by atoms with Gasteiger partial charge < -0.3 is 15.7 Å². The van der Waals surface area contributed by atoms with Crippen molar-refractivity contribution in [3.8, 4) is 0 Å². The van der Waals surface area contributed by atoms with Crippen molar-refractivity contribution in [1.29, 1.82) is 0 Å². The number of amides is 2. The number of carboxylic acid groups (broad SMARTS) is 1. The van der Waals surface area contributed by atoms with Crippen molar-refractivity contribution >= 4 is 29.4 Å². The van der Waals surface area contributed by atoms with Crippen molar-refractivity contribution < 1.29 is 23.5 Å². The lowest BCUT2D eigenvalue weighted by molar-refractivity contribution is -0.139. The van der Waals surface area contributed by atoms with Crippen molar-refractivity contribution in [3.05, 3.63) is 36.9 Å². The predicted octanol–water partition coefficient (Wildman–Crippen LogP) is 3.15. The number of benzene rings is 1. The van der Waals surface area contributed by atoms with E-state index in [4.69, 9.17) is 5.11 Å². The van der Waals surface area contributed by atoms with E-state index in [0.29, 0.717) is 11.8 Å². The maximum Gasteiger partial charge on any atom is 0.326 e. The first-order chi connectivity index (χ1) is 9.93. The monoisotopic (exact) mass is 316 g/mol. The summed E-state index contributed by atoms with van der Waals surface area (Å²) in [5.41, 5.74) is 0.183. The molecule has 0 saturated carbocycles. The molecule has 0 aliphatic carbocycles. The third-order valence-electron chi connectivity index (χ3n) is 2.36. The number of rotatable bonds is 7. The molecule has 0 aliphatic heterocycles. The van der Waals surface area contributed by atoms with Crippen molar-refractivity contribution in [3.63, 3.8) is 0 Å². The number of aliphatic carboxylic acids is 1. The number of urea groups is 1. The predicted molar refractivity (Wildman–Crippen MR) is 76.7 cm³/mol. The molecule has 0 bridgehead atoms. The van der Waals surface area contributed by atoms with Gasteiger partial charge in [0.2, 0.25) is 0 Å². The van der Waals surface area contributed by atoms with E-state index in [9.17, 15) is 18.4 Å². The average Bonchev–Trinajstić information content (AvgIpc) is 2.39. The number of nitrogens with one attached hydrogen (secondary N) is 2. The van der Waals surface area contributed by atoms with Gasteiger partial charge in [-0.15, -0.1) is 6.58 Å². The van der Waals surface area contributed by atoms with Crippen LogP contribution in [0.4, 0.5) is 19.3 Å². The van der Waals surface area contributed by atoms with Gasteiger partial charge >= 0.3 is 12.0 Å². The average molecular weight is 316 g/mol. The highest BCUT2D eigenvalue weighted by Crippen LogP contribution is 2.31. The molecule has 1 aromatic rings. The van der Waals surface area contributed by atoms with E-state index in [0.717, 1.165) is 0 Å². The first kappa shape index (κ1) is 17.0. The summed E-state index contributed by atoms with van der Waals surface area (Å²) < 4.78 is 24.8. The minimum absolute atomic E-state index is 0.0518. The molecule has 2 amide bonds. The summed E-state index contributed by atoms with van der Waals surface area (Å²) in [6.07, 6.45) is 1.41. The largest absolute Gasteiger partial charge is 0.480 e. The second-order valence-corrected chi connectivity index (χ2v) is 4.92. The van der Waals surface area contributed by atoms with Gasteiger partial charge in [0.15, 0.2) is 0 Å². The van der Waals surface area contributed by atoms with Gasteiger partial charge in [-0.05, 0) is 18.6 Å². The Morgan fingerprint density at radius 3 is 2.62 bits per heavy atom. The summed E-state index contributed by atoms with van der Waals surface area (Å²) in [5.74, 6) is -3.83. The Balaban J connectivity index is 2.74. The number of thioether (sulfide) groups is 1. The Kier molecular flexibility index (Phi) is 6.67. The van der Waals surface area contributed by atoms with Gasteiger partial charge in [-0.2, -0.15) is 8.78 Å². The van der Waals surface area contributed by atoms with E-state index in [1.165, 1.54) is 18.2 Å². The molecule has 1 rings (SSSR count). The van der Waals surface area contributed by atoms with Crippen LogP contribution in [0.3, 0.4) is 0 Å². The molecule has 21 heavy (non-hydrogen) atoms. The third kappa shape index (κ3) is 5.82. The van der Waals surface area contributed by atoms with Crippen LogP contribution in [0, 0.1) is 0 Å². The minimum atomic E-state index is -2.62. The Morgan fingerprint density at radius 1 is 1.38 bits per heavy atom. The zero-order valence-corrected chi connectivity index (χ0v) is 11.7. The number of hydrogen-bond acceptors (Lipinski definition) is 3. The molecule has 0 aromatic heterocycles. The topological polar surface area (TPSA) is 78.4 Å². The Morgan fingerprint density at radius 2 is 2.05 bits per heavy atom. The molecule has 0 fully saturated rings. The van der Waals surface area contributed by atoms with Crippen molar-refractivity contribution in [2.24, 2.45) is 0 Å². The maximum absolute atomic E-state index is 12.4. The van der Waals surface area contributed by atoms with E-state index >= 15 is 0 Å². The number of hydrogen-bond donors (Lipinski definition) is 3. The molecular weight excluding hydrogens is 302 g/mol. The summed E-state index contributed by atoms with van der Waals surface area (Å²) in [5, 5.41) is 13.5. The van der Waals surface area contributed by atoms with Crippen molar-refractivity contribution in [2.75, 3.05) is 5.32 Å². The van der Waals surface area contributed by atoms with Crippen LogP contribution in [-0.2, 0) is 4.79 Å². The molecule has 0 heterocycles. The Labute approximate surface area is 124 Å². The van der Waals surface area contributed by atoms with Crippen LogP contribution in [0.15, 0.2) is 41.8 Å². The van der Waals surface area contributed by atoms with E-state index in [1.54, 1.807) is 12.1 Å². The lowest BCUT2D eigenvalue weighted by atomic mass is 10.2. The van der Waals surface area contributed by atoms with Crippen LogP contribution >= 0.6 is 11.8 Å². The number of halogens is 2. The third-order valence-corrected chi connectivity index (χ3v) is 3.15. The molecule has 0 radical (unpaired) electrons. The number of carbonyl (C=O) groups excluding carboxylic acids is 1. The highest BCUT2D eigenvalue weighted by molar-refractivity contribution is 7.99. The Hall–Kier alpha value is -2.09. The van der Waals surface area contributed by atoms with E-state index in [-0.39, 0.29) is 17.0 Å². The molecular formula is C13H14F2N2O3S. The van der Waals surface area contributed by atoms with Crippen LogP contribution < -0.4 is 10.6 Å². The first-order valence-corrected chi connectivity index (χ1v) is 6.77. The van der Waals surface area contributed by atoms with E-state index in [1.807, 2.05) is 0 Å². The van der Waals surface area contributed by atoms with E-state index in [2.05, 4.69) is 17.2 Å². The standard InChI is InChI=1S/C13H14F2N2O3S/c1-2-5-9(11(18)19)17-13(20)16-8-6-3-4-7-10(8)21-12(14)15/h2-4,6-7,9,12H,1,5H2,(H,18,19)(H2,16,17,20). The van der Waals surface area contributed by atoms with Crippen LogP contribution in [0.5, 0.6) is 0 Å². The Bertz CT molecular complexity index is 526. The number of anilines is 1. The highest BCUT2D eigenvalue weighted by atomic mass is 32.2. The van der Waals surface area contributed by atoms with Crippen LogP contribution in [0.25, 0.3) is 0 Å². The van der Waals surface area contributed by atoms with Gasteiger partial charge in [0.1, 0.15) is 6.04 Å². The zero-order chi connectivity index (χ0) is 15.8. The number of para-hydroxylation sites is 1. The fraction of sp³-hybridized carbons (Fsp3) is 0.231. The highest BCUT2D eigenvalue weighted by Gasteiger charge is 2.19. The number of alkyl halides is 2. The first-order valence-electron chi connectivity index (χ1n) is 5.89. The normalized spacial score (nSPS) is 11.8. The van der Waals surface area contributed by atoms with Gasteiger partial charge in [0.05, 0.1) is 5.69 Å². The molecule has 1 unspecified atom stereocenters. The molecule has 1 atom stereocenters. The van der Waals surface area contributed by atoms with Gasteiger partial charge in [0.25, 0.3) is 5.76 Å². The molecule has 1 aromatic carbocycles. The second-order valence-electron chi connectivity index (χ2n) is 3.89. The summed E-state index contributed by atoms with van der Waals surface area (Å²) in [6.45, 7) is 3.40. The quantitative estimate of drug-likeness (QED) is 0.533. The smallest absolute Gasteiger partial charge is 0.326 e. The van der Waals surface area contributed by atoms with Crippen LogP contribution in [0.1, 0.15) is 6.42 Å². The maximum atomic E-state index is 12.4.